The number of hydrogen-bond donors (Lipinski definition) is 4. The Bertz CT molecular complexity index is 708. The lowest BCUT2D eigenvalue weighted by molar-refractivity contribution is -0.115. The molecule has 1 aliphatic heterocycles. The lowest BCUT2D eigenvalue weighted by Gasteiger charge is -2.20. The van der Waals surface area contributed by atoms with Crippen molar-refractivity contribution in [2.75, 3.05) is 20.2 Å². The van der Waals surface area contributed by atoms with Gasteiger partial charge in [0.1, 0.15) is 5.70 Å². The highest BCUT2D eigenvalue weighted by atomic mass is 19.3. The van der Waals surface area contributed by atoms with Crippen LogP contribution in [0.1, 0.15) is 5.56 Å². The fourth-order valence-corrected chi connectivity index (χ4v) is 2.08. The van der Waals surface area contributed by atoms with E-state index in [1.54, 1.807) is 7.05 Å². The third-order valence-corrected chi connectivity index (χ3v) is 3.24. The van der Waals surface area contributed by atoms with E-state index in [9.17, 15) is 23.8 Å². The van der Waals surface area contributed by atoms with Crippen molar-refractivity contribution in [2.45, 2.75) is 12.7 Å². The van der Waals surface area contributed by atoms with Crippen LogP contribution in [0.4, 0.5) is 8.78 Å². The normalized spacial score (nSPS) is 16.8. The highest BCUT2D eigenvalue weighted by Gasteiger charge is 2.23. The van der Waals surface area contributed by atoms with Gasteiger partial charge in [-0.05, 0) is 23.8 Å². The maximum Gasteiger partial charge on any atom is 0.387 e. The Morgan fingerprint density at radius 2 is 2.16 bits per heavy atom. The first-order valence-electron chi connectivity index (χ1n) is 7.19. The molecule has 1 heterocycles. The van der Waals surface area contributed by atoms with Crippen LogP contribution in [0.25, 0.3) is 6.08 Å². The number of carbonyl (C=O) groups excluding carboxylic acids is 1. The number of alkyl halides is 2. The summed E-state index contributed by atoms with van der Waals surface area (Å²) in [4.78, 5) is 17.5. The Labute approximate surface area is 141 Å². The molecular formula is C15H17F2N3O5. The summed E-state index contributed by atoms with van der Waals surface area (Å²) in [6.45, 7) is -3.43. The number of phenols is 1. The number of aliphatic hydroxyl groups excluding tert-OH is 2. The summed E-state index contributed by atoms with van der Waals surface area (Å²) in [5, 5.41) is 30.4. The molecule has 0 radical (unpaired) electrons. The Kier molecular flexibility index (Phi) is 5.88. The van der Waals surface area contributed by atoms with Gasteiger partial charge in [0, 0.05) is 13.6 Å². The van der Waals surface area contributed by atoms with E-state index in [4.69, 9.17) is 5.11 Å². The largest absolute Gasteiger partial charge is 0.504 e. The molecular weight excluding hydrogens is 340 g/mol. The van der Waals surface area contributed by atoms with Gasteiger partial charge >= 0.3 is 6.61 Å². The SMILES string of the molecule is CN(CC(O)CO)C1=N/C(=C\c2ccc(OC(F)F)c(O)c2)C(=O)N1. The summed E-state index contributed by atoms with van der Waals surface area (Å²) in [5.74, 6) is -1.20. The van der Waals surface area contributed by atoms with Crippen molar-refractivity contribution >= 4 is 17.9 Å². The van der Waals surface area contributed by atoms with Gasteiger partial charge in [-0.25, -0.2) is 4.99 Å². The molecule has 8 nitrogen and oxygen atoms in total. The van der Waals surface area contributed by atoms with E-state index in [0.29, 0.717) is 5.56 Å². The number of likely N-dealkylation sites (N-methyl/N-ethyl adjacent to an activating group) is 1. The molecule has 0 saturated carbocycles. The molecule has 0 saturated heterocycles. The molecule has 136 valence electrons. The van der Waals surface area contributed by atoms with Crippen molar-refractivity contribution in [3.63, 3.8) is 0 Å². The zero-order valence-corrected chi connectivity index (χ0v) is 13.2. The quantitative estimate of drug-likeness (QED) is 0.537. The Hall–Kier alpha value is -2.72. The van der Waals surface area contributed by atoms with Crippen molar-refractivity contribution in [3.05, 3.63) is 29.5 Å². The number of benzene rings is 1. The predicted molar refractivity (Wildman–Crippen MR) is 84.0 cm³/mol. The molecule has 10 heteroatoms. The van der Waals surface area contributed by atoms with Crippen molar-refractivity contribution in [1.82, 2.24) is 10.2 Å². The highest BCUT2D eigenvalue weighted by molar-refractivity contribution is 6.13. The topological polar surface area (TPSA) is 115 Å². The minimum absolute atomic E-state index is 0.0299. The first-order chi connectivity index (χ1) is 11.8. The summed E-state index contributed by atoms with van der Waals surface area (Å²) in [6, 6.07) is 3.68. The Balaban J connectivity index is 2.17. The fraction of sp³-hybridized carbons (Fsp3) is 0.333. The van der Waals surface area contributed by atoms with Crippen LogP contribution in [0, 0.1) is 0 Å². The molecule has 25 heavy (non-hydrogen) atoms. The summed E-state index contributed by atoms with van der Waals surface area (Å²) < 4.78 is 28.4. The molecule has 1 aliphatic rings. The molecule has 1 atom stereocenters. The number of amides is 1. The third kappa shape index (κ3) is 4.88. The number of aliphatic imine (C=N–C) groups is 1. The number of halogens is 2. The molecule has 0 spiro atoms. The van der Waals surface area contributed by atoms with Crippen LogP contribution >= 0.6 is 0 Å². The second-order valence-electron chi connectivity index (χ2n) is 5.24. The van der Waals surface area contributed by atoms with Crippen LogP contribution in [0.3, 0.4) is 0 Å². The first-order valence-corrected chi connectivity index (χ1v) is 7.19. The van der Waals surface area contributed by atoms with Crippen LogP contribution in [-0.2, 0) is 4.79 Å². The molecule has 1 amide bonds. The number of nitrogens with one attached hydrogen (secondary N) is 1. The number of aliphatic hydroxyl groups is 2. The minimum Gasteiger partial charge on any atom is -0.504 e. The first kappa shape index (κ1) is 18.6. The van der Waals surface area contributed by atoms with E-state index in [1.165, 1.54) is 17.0 Å². The zero-order chi connectivity index (χ0) is 18.6. The molecule has 4 N–H and O–H groups in total. The van der Waals surface area contributed by atoms with Crippen molar-refractivity contribution in [1.29, 1.82) is 0 Å². The average Bonchev–Trinajstić information content (AvgIpc) is 2.90. The monoisotopic (exact) mass is 357 g/mol. The molecule has 1 unspecified atom stereocenters. The van der Waals surface area contributed by atoms with Crippen LogP contribution in [-0.4, -0.2) is 65.0 Å². The number of carbonyl (C=O) groups is 1. The van der Waals surface area contributed by atoms with Gasteiger partial charge in [-0.15, -0.1) is 0 Å². The summed E-state index contributed by atoms with van der Waals surface area (Å²) in [7, 11) is 1.57. The van der Waals surface area contributed by atoms with Gasteiger partial charge in [0.05, 0.1) is 12.7 Å². The number of ether oxygens (including phenoxy) is 1. The van der Waals surface area contributed by atoms with Gasteiger partial charge in [-0.2, -0.15) is 8.78 Å². The summed E-state index contributed by atoms with van der Waals surface area (Å²) in [5.41, 5.74) is 0.384. The number of hydrogen-bond acceptors (Lipinski definition) is 7. The van der Waals surface area contributed by atoms with E-state index in [0.717, 1.165) is 12.1 Å². The van der Waals surface area contributed by atoms with Crippen LogP contribution in [0.5, 0.6) is 11.5 Å². The number of guanidine groups is 1. The van der Waals surface area contributed by atoms with Gasteiger partial charge < -0.3 is 25.0 Å². The summed E-state index contributed by atoms with van der Waals surface area (Å²) in [6.07, 6.45) is 0.363. The Morgan fingerprint density at radius 1 is 1.44 bits per heavy atom. The molecule has 0 fully saturated rings. The average molecular weight is 357 g/mol. The number of rotatable bonds is 6. The highest BCUT2D eigenvalue weighted by Crippen LogP contribution is 2.29. The number of phenolic OH excluding ortho intramolecular Hbond substituents is 1. The fourth-order valence-electron chi connectivity index (χ4n) is 2.08. The summed E-state index contributed by atoms with van der Waals surface area (Å²) >= 11 is 0. The Morgan fingerprint density at radius 3 is 2.76 bits per heavy atom. The zero-order valence-electron chi connectivity index (χ0n) is 13.2. The minimum atomic E-state index is -3.06. The smallest absolute Gasteiger partial charge is 0.387 e. The van der Waals surface area contributed by atoms with Crippen molar-refractivity contribution in [3.8, 4) is 11.5 Å². The number of aromatic hydroxyl groups is 1. The standard InChI is InChI=1S/C15H17F2N3O5/c1-20(6-9(22)7-21)15-18-10(13(24)19-15)4-8-2-3-12(11(23)5-8)25-14(16)17/h2-5,9,14,21-23H,6-7H2,1H3,(H,18,19,24)/b10-4-. The van der Waals surface area contributed by atoms with Gasteiger partial charge in [0.2, 0.25) is 5.96 Å². The molecule has 0 aromatic heterocycles. The van der Waals surface area contributed by atoms with Gasteiger partial charge in [-0.1, -0.05) is 6.07 Å². The van der Waals surface area contributed by atoms with Gasteiger partial charge in [-0.3, -0.25) is 10.1 Å². The van der Waals surface area contributed by atoms with E-state index in [-0.39, 0.29) is 24.0 Å². The van der Waals surface area contributed by atoms with Crippen molar-refractivity contribution in [2.24, 2.45) is 4.99 Å². The van der Waals surface area contributed by atoms with Gasteiger partial charge in [0.25, 0.3) is 5.91 Å². The lowest BCUT2D eigenvalue weighted by Crippen LogP contribution is -2.42. The second kappa shape index (κ2) is 7.90. The predicted octanol–water partition coefficient (Wildman–Crippen LogP) is 0.105. The molecule has 2 rings (SSSR count). The molecule has 0 bridgehead atoms. The third-order valence-electron chi connectivity index (χ3n) is 3.24. The van der Waals surface area contributed by atoms with E-state index in [1.807, 2.05) is 0 Å². The van der Waals surface area contributed by atoms with Crippen LogP contribution in [0.15, 0.2) is 28.9 Å². The van der Waals surface area contributed by atoms with Crippen LogP contribution < -0.4 is 10.1 Å². The number of nitrogens with zero attached hydrogens (tertiary/aromatic N) is 2. The second-order valence-corrected chi connectivity index (χ2v) is 5.24. The molecule has 0 aliphatic carbocycles. The van der Waals surface area contributed by atoms with E-state index in [2.05, 4.69) is 15.0 Å². The maximum absolute atomic E-state index is 12.2. The lowest BCUT2D eigenvalue weighted by atomic mass is 10.1. The maximum atomic E-state index is 12.2. The molecule has 1 aromatic rings. The van der Waals surface area contributed by atoms with E-state index < -0.39 is 31.0 Å². The van der Waals surface area contributed by atoms with Crippen LogP contribution in [0.2, 0.25) is 0 Å². The van der Waals surface area contributed by atoms with Crippen molar-refractivity contribution < 1.29 is 33.6 Å². The van der Waals surface area contributed by atoms with Gasteiger partial charge in [0.15, 0.2) is 11.5 Å². The molecule has 1 aromatic carbocycles. The van der Waals surface area contributed by atoms with E-state index >= 15 is 0 Å².